The zero-order valence-electron chi connectivity index (χ0n) is 12.8. The predicted molar refractivity (Wildman–Crippen MR) is 83.9 cm³/mol. The van der Waals surface area contributed by atoms with E-state index in [0.29, 0.717) is 6.04 Å². The quantitative estimate of drug-likeness (QED) is 0.849. The van der Waals surface area contributed by atoms with Crippen LogP contribution in [0.2, 0.25) is 0 Å². The van der Waals surface area contributed by atoms with E-state index in [4.69, 9.17) is 9.47 Å². The maximum atomic E-state index is 5.32. The molecule has 21 heavy (non-hydrogen) atoms. The minimum Gasteiger partial charge on any atom is -0.493 e. The highest BCUT2D eigenvalue weighted by Crippen LogP contribution is 2.27. The van der Waals surface area contributed by atoms with Crippen LogP contribution in [0.15, 0.2) is 42.7 Å². The van der Waals surface area contributed by atoms with Gasteiger partial charge >= 0.3 is 0 Å². The van der Waals surface area contributed by atoms with Gasteiger partial charge in [0.15, 0.2) is 11.5 Å². The number of rotatable bonds is 7. The van der Waals surface area contributed by atoms with E-state index in [-0.39, 0.29) is 0 Å². The summed E-state index contributed by atoms with van der Waals surface area (Å²) in [5.74, 6) is 1.54. The SMILES string of the molecule is COc1ccc(CCN[C@@H](C)c2ccncc2)cc1OC. The molecule has 0 saturated heterocycles. The highest BCUT2D eigenvalue weighted by molar-refractivity contribution is 5.42. The van der Waals surface area contributed by atoms with Gasteiger partial charge < -0.3 is 14.8 Å². The van der Waals surface area contributed by atoms with Gasteiger partial charge in [0, 0.05) is 18.4 Å². The average Bonchev–Trinajstić information content (AvgIpc) is 2.55. The lowest BCUT2D eigenvalue weighted by Gasteiger charge is -2.14. The van der Waals surface area contributed by atoms with Crippen molar-refractivity contribution >= 4 is 0 Å². The van der Waals surface area contributed by atoms with E-state index in [1.165, 1.54) is 11.1 Å². The van der Waals surface area contributed by atoms with Crippen molar-refractivity contribution in [2.75, 3.05) is 20.8 Å². The summed E-state index contributed by atoms with van der Waals surface area (Å²) >= 11 is 0. The molecule has 0 spiro atoms. The zero-order valence-corrected chi connectivity index (χ0v) is 12.8. The molecule has 1 aromatic carbocycles. The molecule has 0 aliphatic heterocycles. The van der Waals surface area contributed by atoms with Gasteiger partial charge in [0.1, 0.15) is 0 Å². The Bertz CT molecular complexity index is 558. The predicted octanol–water partition coefficient (Wildman–Crippen LogP) is 2.99. The van der Waals surface area contributed by atoms with Crippen LogP contribution >= 0.6 is 0 Å². The molecule has 1 heterocycles. The summed E-state index contributed by atoms with van der Waals surface area (Å²) in [7, 11) is 3.31. The molecule has 0 aliphatic rings. The molecule has 0 aliphatic carbocycles. The summed E-state index contributed by atoms with van der Waals surface area (Å²) in [4.78, 5) is 4.04. The second-order valence-electron chi connectivity index (χ2n) is 4.90. The number of hydrogen-bond acceptors (Lipinski definition) is 4. The summed E-state index contributed by atoms with van der Waals surface area (Å²) < 4.78 is 10.6. The Morgan fingerprint density at radius 1 is 1.05 bits per heavy atom. The van der Waals surface area contributed by atoms with Crippen LogP contribution in [0.1, 0.15) is 24.1 Å². The number of benzene rings is 1. The van der Waals surface area contributed by atoms with Gasteiger partial charge in [-0.1, -0.05) is 6.07 Å². The van der Waals surface area contributed by atoms with Gasteiger partial charge in [-0.15, -0.1) is 0 Å². The standard InChI is InChI=1S/C17H22N2O2/c1-13(15-7-9-18-10-8-15)19-11-6-14-4-5-16(20-2)17(12-14)21-3/h4-5,7-10,12-13,19H,6,11H2,1-3H3/t13-/m0/s1. The van der Waals surface area contributed by atoms with E-state index >= 15 is 0 Å². The number of hydrogen-bond donors (Lipinski definition) is 1. The lowest BCUT2D eigenvalue weighted by Crippen LogP contribution is -2.21. The Kier molecular flexibility index (Phi) is 5.58. The molecule has 0 unspecified atom stereocenters. The molecule has 0 saturated carbocycles. The minimum absolute atomic E-state index is 0.313. The number of aromatic nitrogens is 1. The van der Waals surface area contributed by atoms with Crippen LogP contribution in [0.5, 0.6) is 11.5 Å². The first-order valence-corrected chi connectivity index (χ1v) is 7.09. The number of pyridine rings is 1. The van der Waals surface area contributed by atoms with Crippen LogP contribution in [-0.4, -0.2) is 25.7 Å². The summed E-state index contributed by atoms with van der Waals surface area (Å²) in [5.41, 5.74) is 2.47. The zero-order chi connectivity index (χ0) is 15.1. The van der Waals surface area contributed by atoms with Gasteiger partial charge in [-0.2, -0.15) is 0 Å². The van der Waals surface area contributed by atoms with Crippen LogP contribution in [-0.2, 0) is 6.42 Å². The molecule has 2 aromatic rings. The molecule has 4 heteroatoms. The van der Waals surface area contributed by atoms with Gasteiger partial charge in [-0.3, -0.25) is 4.98 Å². The van der Waals surface area contributed by atoms with Crippen LogP contribution in [0.4, 0.5) is 0 Å². The Labute approximate surface area is 126 Å². The highest BCUT2D eigenvalue weighted by Gasteiger charge is 2.06. The third kappa shape index (κ3) is 4.20. The fraction of sp³-hybridized carbons (Fsp3) is 0.353. The van der Waals surface area contributed by atoms with Crippen LogP contribution in [0.25, 0.3) is 0 Å². The molecular formula is C17H22N2O2. The first-order chi connectivity index (χ1) is 10.2. The summed E-state index contributed by atoms with van der Waals surface area (Å²) in [5, 5.41) is 3.51. The highest BCUT2D eigenvalue weighted by atomic mass is 16.5. The van der Waals surface area contributed by atoms with Gasteiger partial charge in [0.2, 0.25) is 0 Å². The van der Waals surface area contributed by atoms with Crippen LogP contribution in [0, 0.1) is 0 Å². The van der Waals surface area contributed by atoms with Crippen molar-refractivity contribution < 1.29 is 9.47 Å². The molecule has 0 amide bonds. The number of nitrogens with zero attached hydrogens (tertiary/aromatic N) is 1. The second kappa shape index (κ2) is 7.64. The second-order valence-corrected chi connectivity index (χ2v) is 4.90. The fourth-order valence-corrected chi connectivity index (χ4v) is 2.24. The summed E-state index contributed by atoms with van der Waals surface area (Å²) in [6.07, 6.45) is 4.58. The van der Waals surface area contributed by atoms with Crippen LogP contribution < -0.4 is 14.8 Å². The topological polar surface area (TPSA) is 43.4 Å². The van der Waals surface area contributed by atoms with E-state index in [9.17, 15) is 0 Å². The van der Waals surface area contributed by atoms with Crippen molar-refractivity contribution in [1.82, 2.24) is 10.3 Å². The molecular weight excluding hydrogens is 264 g/mol. The molecule has 1 atom stereocenters. The van der Waals surface area contributed by atoms with Gasteiger partial charge in [0.25, 0.3) is 0 Å². The van der Waals surface area contributed by atoms with E-state index in [0.717, 1.165) is 24.5 Å². The van der Waals surface area contributed by atoms with Crippen molar-refractivity contribution in [1.29, 1.82) is 0 Å². The molecule has 1 N–H and O–H groups in total. The first-order valence-electron chi connectivity index (χ1n) is 7.09. The Morgan fingerprint density at radius 3 is 2.43 bits per heavy atom. The number of ether oxygens (including phenoxy) is 2. The van der Waals surface area contributed by atoms with Crippen molar-refractivity contribution in [2.24, 2.45) is 0 Å². The van der Waals surface area contributed by atoms with Crippen molar-refractivity contribution in [3.63, 3.8) is 0 Å². The minimum atomic E-state index is 0.313. The number of methoxy groups -OCH3 is 2. The van der Waals surface area contributed by atoms with E-state index in [1.807, 2.05) is 36.7 Å². The Balaban J connectivity index is 1.89. The number of nitrogens with one attached hydrogen (secondary N) is 1. The molecule has 0 radical (unpaired) electrons. The summed E-state index contributed by atoms with van der Waals surface area (Å²) in [6, 6.07) is 10.4. The molecule has 4 nitrogen and oxygen atoms in total. The van der Waals surface area contributed by atoms with Gasteiger partial charge in [0.05, 0.1) is 14.2 Å². The Morgan fingerprint density at radius 2 is 1.76 bits per heavy atom. The maximum Gasteiger partial charge on any atom is 0.160 e. The largest absolute Gasteiger partial charge is 0.493 e. The fourth-order valence-electron chi connectivity index (χ4n) is 2.24. The molecule has 1 aromatic heterocycles. The van der Waals surface area contributed by atoms with Crippen LogP contribution in [0.3, 0.4) is 0 Å². The monoisotopic (exact) mass is 286 g/mol. The lowest BCUT2D eigenvalue weighted by atomic mass is 10.1. The third-order valence-electron chi connectivity index (χ3n) is 3.52. The molecule has 112 valence electrons. The normalized spacial score (nSPS) is 12.0. The molecule has 0 bridgehead atoms. The maximum absolute atomic E-state index is 5.32. The van der Waals surface area contributed by atoms with Gasteiger partial charge in [-0.05, 0) is 55.3 Å². The van der Waals surface area contributed by atoms with Gasteiger partial charge in [-0.25, -0.2) is 0 Å². The van der Waals surface area contributed by atoms with Crippen molar-refractivity contribution in [3.05, 3.63) is 53.9 Å². The summed E-state index contributed by atoms with van der Waals surface area (Å²) in [6.45, 7) is 3.06. The van der Waals surface area contributed by atoms with E-state index in [1.54, 1.807) is 14.2 Å². The Hall–Kier alpha value is -2.07. The first kappa shape index (κ1) is 15.3. The van der Waals surface area contributed by atoms with E-state index < -0.39 is 0 Å². The van der Waals surface area contributed by atoms with Crippen molar-refractivity contribution in [2.45, 2.75) is 19.4 Å². The van der Waals surface area contributed by atoms with E-state index in [2.05, 4.69) is 23.3 Å². The molecule has 0 fully saturated rings. The average molecular weight is 286 g/mol. The lowest BCUT2D eigenvalue weighted by molar-refractivity contribution is 0.354. The van der Waals surface area contributed by atoms with Crippen molar-refractivity contribution in [3.8, 4) is 11.5 Å². The third-order valence-corrected chi connectivity index (χ3v) is 3.52. The molecule has 2 rings (SSSR count). The smallest absolute Gasteiger partial charge is 0.160 e.